The average molecular weight is 328 g/mol. The zero-order chi connectivity index (χ0) is 16.6. The Labute approximate surface area is 142 Å². The number of aromatic nitrogens is 2. The molecule has 4 heteroatoms. The van der Waals surface area contributed by atoms with Gasteiger partial charge in [-0.25, -0.2) is 0 Å². The molecule has 23 heavy (non-hydrogen) atoms. The van der Waals surface area contributed by atoms with Crippen LogP contribution in [0.15, 0.2) is 48.7 Å². The Morgan fingerprint density at radius 2 is 1.78 bits per heavy atom. The molecule has 0 unspecified atom stereocenters. The van der Waals surface area contributed by atoms with Gasteiger partial charge in [-0.15, -0.1) is 0 Å². The lowest BCUT2D eigenvalue weighted by molar-refractivity contribution is 0.501. The molecule has 2 aromatic carbocycles. The lowest BCUT2D eigenvalue weighted by Gasteiger charge is -2.38. The van der Waals surface area contributed by atoms with E-state index in [9.17, 15) is 0 Å². The molecular weight excluding hydrogens is 306 g/mol. The SMILES string of the molecule is Cn1cc2cc(N(Cc3ccc(Cl)cc3)C(C)(C)C)ccc2n1. The molecule has 0 spiro atoms. The topological polar surface area (TPSA) is 21.1 Å². The van der Waals surface area contributed by atoms with Crippen molar-refractivity contribution >= 4 is 28.2 Å². The molecule has 1 aromatic heterocycles. The summed E-state index contributed by atoms with van der Waals surface area (Å²) in [7, 11) is 1.95. The largest absolute Gasteiger partial charge is 0.362 e. The van der Waals surface area contributed by atoms with Crippen molar-refractivity contribution in [2.45, 2.75) is 32.9 Å². The standard InChI is InChI=1S/C19H22ClN3/c1-19(2,3)23(12-14-5-7-16(20)8-6-14)17-9-10-18-15(11-17)13-22(4)21-18/h5-11,13H,12H2,1-4H3. The fourth-order valence-electron chi connectivity index (χ4n) is 2.79. The minimum Gasteiger partial charge on any atom is -0.362 e. The molecule has 3 rings (SSSR count). The van der Waals surface area contributed by atoms with Gasteiger partial charge in [-0.3, -0.25) is 4.68 Å². The Hall–Kier alpha value is -2.00. The molecule has 0 atom stereocenters. The average Bonchev–Trinajstić information content (AvgIpc) is 2.84. The van der Waals surface area contributed by atoms with E-state index in [4.69, 9.17) is 11.6 Å². The smallest absolute Gasteiger partial charge is 0.0924 e. The van der Waals surface area contributed by atoms with E-state index < -0.39 is 0 Å². The van der Waals surface area contributed by atoms with Crippen LogP contribution in [0, 0.1) is 0 Å². The highest BCUT2D eigenvalue weighted by molar-refractivity contribution is 6.30. The third-order valence-corrected chi connectivity index (χ3v) is 4.23. The second-order valence-corrected chi connectivity index (χ2v) is 7.37. The van der Waals surface area contributed by atoms with E-state index in [-0.39, 0.29) is 5.54 Å². The van der Waals surface area contributed by atoms with Gasteiger partial charge in [-0.05, 0) is 56.7 Å². The van der Waals surface area contributed by atoms with E-state index in [1.54, 1.807) is 0 Å². The van der Waals surface area contributed by atoms with E-state index in [2.05, 4.69) is 67.3 Å². The summed E-state index contributed by atoms with van der Waals surface area (Å²) in [6.07, 6.45) is 2.06. The quantitative estimate of drug-likeness (QED) is 0.672. The molecule has 0 saturated heterocycles. The van der Waals surface area contributed by atoms with Gasteiger partial charge in [0.1, 0.15) is 0 Å². The number of rotatable bonds is 3. The summed E-state index contributed by atoms with van der Waals surface area (Å²) in [5, 5.41) is 6.39. The van der Waals surface area contributed by atoms with Gasteiger partial charge in [-0.2, -0.15) is 5.10 Å². The van der Waals surface area contributed by atoms with E-state index >= 15 is 0 Å². The number of aryl methyl sites for hydroxylation is 1. The van der Waals surface area contributed by atoms with Crippen LogP contribution in [0.5, 0.6) is 0 Å². The van der Waals surface area contributed by atoms with Crippen LogP contribution in [0.4, 0.5) is 5.69 Å². The maximum atomic E-state index is 6.00. The molecule has 3 aromatic rings. The van der Waals surface area contributed by atoms with E-state index in [0.29, 0.717) is 0 Å². The van der Waals surface area contributed by atoms with Crippen molar-refractivity contribution in [2.75, 3.05) is 4.90 Å². The van der Waals surface area contributed by atoms with E-state index in [1.165, 1.54) is 11.3 Å². The zero-order valence-electron chi connectivity index (χ0n) is 14.0. The first kappa shape index (κ1) is 15.9. The number of hydrogen-bond acceptors (Lipinski definition) is 2. The molecule has 120 valence electrons. The van der Waals surface area contributed by atoms with E-state index in [1.807, 2.05) is 23.9 Å². The van der Waals surface area contributed by atoms with Gasteiger partial charge in [-0.1, -0.05) is 23.7 Å². The summed E-state index contributed by atoms with van der Waals surface area (Å²) in [6.45, 7) is 7.54. The monoisotopic (exact) mass is 327 g/mol. The number of hydrogen-bond donors (Lipinski definition) is 0. The van der Waals surface area contributed by atoms with Crippen molar-refractivity contribution in [1.29, 1.82) is 0 Å². The highest BCUT2D eigenvalue weighted by atomic mass is 35.5. The fourth-order valence-corrected chi connectivity index (χ4v) is 2.92. The minimum atomic E-state index is 0.00945. The number of fused-ring (bicyclic) bond motifs is 1. The van der Waals surface area contributed by atoms with Gasteiger partial charge in [0.15, 0.2) is 0 Å². The fraction of sp³-hybridized carbons (Fsp3) is 0.316. The number of benzene rings is 2. The van der Waals surface area contributed by atoms with Crippen LogP contribution in [-0.4, -0.2) is 15.3 Å². The van der Waals surface area contributed by atoms with Gasteiger partial charge in [0.05, 0.1) is 5.52 Å². The Bertz CT molecular complexity index is 813. The minimum absolute atomic E-state index is 0.00945. The summed E-state index contributed by atoms with van der Waals surface area (Å²) >= 11 is 6.00. The summed E-state index contributed by atoms with van der Waals surface area (Å²) in [4.78, 5) is 2.41. The predicted molar refractivity (Wildman–Crippen MR) is 98.1 cm³/mol. The van der Waals surface area contributed by atoms with Crippen LogP contribution in [0.1, 0.15) is 26.3 Å². The van der Waals surface area contributed by atoms with Gasteiger partial charge in [0.25, 0.3) is 0 Å². The molecule has 0 aliphatic rings. The molecule has 0 N–H and O–H groups in total. The highest BCUT2D eigenvalue weighted by Gasteiger charge is 2.22. The second kappa shape index (κ2) is 5.89. The van der Waals surface area contributed by atoms with Crippen molar-refractivity contribution in [2.24, 2.45) is 7.05 Å². The lowest BCUT2D eigenvalue weighted by Crippen LogP contribution is -2.40. The molecule has 0 saturated carbocycles. The molecular formula is C19H22ClN3. The number of anilines is 1. The van der Waals surface area contributed by atoms with Crippen molar-refractivity contribution in [3.8, 4) is 0 Å². The van der Waals surface area contributed by atoms with Gasteiger partial charge < -0.3 is 4.90 Å². The molecule has 0 amide bonds. The molecule has 0 bridgehead atoms. The summed E-state index contributed by atoms with van der Waals surface area (Å²) in [6, 6.07) is 14.5. The van der Waals surface area contributed by atoms with Crippen LogP contribution in [0.2, 0.25) is 5.02 Å². The van der Waals surface area contributed by atoms with E-state index in [0.717, 1.165) is 22.5 Å². The lowest BCUT2D eigenvalue weighted by atomic mass is 10.0. The first-order chi connectivity index (χ1) is 10.8. The Kier molecular flexibility index (Phi) is 4.07. The normalized spacial score (nSPS) is 11.9. The maximum absolute atomic E-state index is 6.00. The summed E-state index contributed by atoms with van der Waals surface area (Å²) in [5.41, 5.74) is 3.48. The van der Waals surface area contributed by atoms with Crippen molar-refractivity contribution in [3.63, 3.8) is 0 Å². The number of nitrogens with zero attached hydrogens (tertiary/aromatic N) is 3. The van der Waals surface area contributed by atoms with Crippen LogP contribution in [0.3, 0.4) is 0 Å². The Morgan fingerprint density at radius 1 is 1.09 bits per heavy atom. The van der Waals surface area contributed by atoms with Gasteiger partial charge in [0.2, 0.25) is 0 Å². The summed E-state index contributed by atoms with van der Waals surface area (Å²) < 4.78 is 1.86. The zero-order valence-corrected chi connectivity index (χ0v) is 14.8. The second-order valence-electron chi connectivity index (χ2n) is 6.93. The van der Waals surface area contributed by atoms with Gasteiger partial charge >= 0.3 is 0 Å². The Balaban J connectivity index is 1.98. The molecule has 0 radical (unpaired) electrons. The molecule has 0 fully saturated rings. The highest BCUT2D eigenvalue weighted by Crippen LogP contribution is 2.29. The number of halogens is 1. The maximum Gasteiger partial charge on any atom is 0.0924 e. The van der Waals surface area contributed by atoms with Crippen LogP contribution < -0.4 is 4.90 Å². The van der Waals surface area contributed by atoms with Gasteiger partial charge in [0, 0.05) is 41.4 Å². The van der Waals surface area contributed by atoms with Crippen LogP contribution in [-0.2, 0) is 13.6 Å². The first-order valence-electron chi connectivity index (χ1n) is 7.78. The van der Waals surface area contributed by atoms with Crippen molar-refractivity contribution in [3.05, 3.63) is 59.2 Å². The molecule has 1 heterocycles. The summed E-state index contributed by atoms with van der Waals surface area (Å²) in [5.74, 6) is 0. The predicted octanol–water partition coefficient (Wildman–Crippen LogP) is 5.03. The third-order valence-electron chi connectivity index (χ3n) is 3.98. The first-order valence-corrected chi connectivity index (χ1v) is 8.16. The van der Waals surface area contributed by atoms with Crippen LogP contribution in [0.25, 0.3) is 10.9 Å². The molecule has 3 nitrogen and oxygen atoms in total. The third kappa shape index (κ3) is 3.50. The van der Waals surface area contributed by atoms with Crippen molar-refractivity contribution < 1.29 is 0 Å². The Morgan fingerprint density at radius 3 is 2.43 bits per heavy atom. The molecule has 0 aliphatic heterocycles. The molecule has 0 aliphatic carbocycles. The van der Waals surface area contributed by atoms with Crippen LogP contribution >= 0.6 is 11.6 Å². The van der Waals surface area contributed by atoms with Crippen molar-refractivity contribution in [1.82, 2.24) is 9.78 Å².